The molecule has 0 aliphatic carbocycles. The molecule has 1 fully saturated rings. The van der Waals surface area contributed by atoms with Gasteiger partial charge in [0.05, 0.1) is 18.4 Å². The zero-order valence-corrected chi connectivity index (χ0v) is 14.0. The highest BCUT2D eigenvalue weighted by atomic mass is 16.5. The van der Waals surface area contributed by atoms with E-state index in [1.54, 1.807) is 6.26 Å². The summed E-state index contributed by atoms with van der Waals surface area (Å²) in [6, 6.07) is 10.3. The second kappa shape index (κ2) is 8.31. The highest BCUT2D eigenvalue weighted by Gasteiger charge is 2.30. The molecule has 24 heavy (non-hydrogen) atoms. The molecule has 1 amide bonds. The smallest absolute Gasteiger partial charge is 0.250 e. The number of ether oxygens (including phenoxy) is 1. The number of hydrogen-bond acceptors (Lipinski definition) is 4. The number of carbonyl (C=O) groups is 1. The highest BCUT2D eigenvalue weighted by Crippen LogP contribution is 2.21. The second-order valence-corrected chi connectivity index (χ2v) is 6.65. The van der Waals surface area contributed by atoms with Crippen LogP contribution in [-0.4, -0.2) is 48.3 Å². The summed E-state index contributed by atoms with van der Waals surface area (Å²) < 4.78 is 5.26. The summed E-state index contributed by atoms with van der Waals surface area (Å²) in [5.41, 5.74) is 1.98. The highest BCUT2D eigenvalue weighted by molar-refractivity contribution is 5.93. The van der Waals surface area contributed by atoms with E-state index in [9.17, 15) is 9.90 Å². The standard InChI is InChI=1S/C19H26N2O3/c22-13-16-8-9-21(11-15-5-2-1-3-6-15)12-18(16)20-19(23)17-7-4-10-24-14-17/h1-3,5-6,14,16,18,22H,4,7-13H2,(H,20,23)/t16-,18+/m1/s1. The van der Waals surface area contributed by atoms with E-state index in [1.165, 1.54) is 5.56 Å². The van der Waals surface area contributed by atoms with Gasteiger partial charge < -0.3 is 15.2 Å². The van der Waals surface area contributed by atoms with Gasteiger partial charge in [-0.2, -0.15) is 0 Å². The van der Waals surface area contributed by atoms with Crippen molar-refractivity contribution in [2.75, 3.05) is 26.3 Å². The third-order valence-electron chi connectivity index (χ3n) is 4.87. The molecule has 0 aromatic heterocycles. The van der Waals surface area contributed by atoms with Crippen LogP contribution in [0, 0.1) is 5.92 Å². The lowest BCUT2D eigenvalue weighted by Crippen LogP contribution is -2.53. The molecule has 0 spiro atoms. The van der Waals surface area contributed by atoms with Crippen LogP contribution in [-0.2, 0) is 16.1 Å². The van der Waals surface area contributed by atoms with Crippen LogP contribution >= 0.6 is 0 Å². The molecule has 5 nitrogen and oxygen atoms in total. The van der Waals surface area contributed by atoms with Gasteiger partial charge >= 0.3 is 0 Å². The fourth-order valence-electron chi connectivity index (χ4n) is 3.43. The lowest BCUT2D eigenvalue weighted by atomic mass is 9.91. The predicted molar refractivity (Wildman–Crippen MR) is 92.1 cm³/mol. The normalized spacial score (nSPS) is 24.8. The van der Waals surface area contributed by atoms with Crippen LogP contribution in [0.3, 0.4) is 0 Å². The summed E-state index contributed by atoms with van der Waals surface area (Å²) >= 11 is 0. The SMILES string of the molecule is O=C(N[C@H]1CN(Cc2ccccc2)CC[C@@H]1CO)C1=COCCC1. The summed E-state index contributed by atoms with van der Waals surface area (Å²) in [4.78, 5) is 14.8. The molecular formula is C19H26N2O3. The molecule has 0 saturated carbocycles. The maximum Gasteiger partial charge on any atom is 0.250 e. The molecule has 3 rings (SSSR count). The Bertz CT molecular complexity index is 573. The molecule has 0 radical (unpaired) electrons. The second-order valence-electron chi connectivity index (χ2n) is 6.65. The topological polar surface area (TPSA) is 61.8 Å². The van der Waals surface area contributed by atoms with Gasteiger partial charge in [-0.15, -0.1) is 0 Å². The number of piperidine rings is 1. The Balaban J connectivity index is 1.60. The average molecular weight is 330 g/mol. The summed E-state index contributed by atoms with van der Waals surface area (Å²) in [5, 5.41) is 12.8. The van der Waals surface area contributed by atoms with E-state index < -0.39 is 0 Å². The lowest BCUT2D eigenvalue weighted by molar-refractivity contribution is -0.119. The Morgan fingerprint density at radius 3 is 2.88 bits per heavy atom. The van der Waals surface area contributed by atoms with Crippen molar-refractivity contribution in [2.24, 2.45) is 5.92 Å². The van der Waals surface area contributed by atoms with Crippen LogP contribution in [0.25, 0.3) is 0 Å². The minimum absolute atomic E-state index is 0.0252. The molecule has 0 bridgehead atoms. The van der Waals surface area contributed by atoms with Crippen LogP contribution < -0.4 is 5.32 Å². The lowest BCUT2D eigenvalue weighted by Gasteiger charge is -2.38. The fourth-order valence-corrected chi connectivity index (χ4v) is 3.43. The Labute approximate surface area is 143 Å². The number of hydrogen-bond donors (Lipinski definition) is 2. The van der Waals surface area contributed by atoms with Crippen LogP contribution in [0.5, 0.6) is 0 Å². The number of aliphatic hydroxyl groups is 1. The average Bonchev–Trinajstić information content (AvgIpc) is 2.63. The molecular weight excluding hydrogens is 304 g/mol. The molecule has 1 saturated heterocycles. The van der Waals surface area contributed by atoms with Crippen molar-refractivity contribution >= 4 is 5.91 Å². The van der Waals surface area contributed by atoms with Crippen LogP contribution in [0.15, 0.2) is 42.2 Å². The first-order valence-corrected chi connectivity index (χ1v) is 8.75. The van der Waals surface area contributed by atoms with E-state index in [1.807, 2.05) is 18.2 Å². The van der Waals surface area contributed by atoms with Gasteiger partial charge in [0.2, 0.25) is 0 Å². The maximum atomic E-state index is 12.4. The number of amides is 1. The third kappa shape index (κ3) is 4.36. The number of nitrogens with zero attached hydrogens (tertiary/aromatic N) is 1. The predicted octanol–water partition coefficient (Wildman–Crippen LogP) is 1.68. The number of aliphatic hydroxyl groups excluding tert-OH is 1. The Kier molecular flexibility index (Phi) is 5.88. The first-order valence-electron chi connectivity index (χ1n) is 8.75. The largest absolute Gasteiger partial charge is 0.501 e. The van der Waals surface area contributed by atoms with Crippen molar-refractivity contribution in [1.29, 1.82) is 0 Å². The number of benzene rings is 1. The molecule has 0 unspecified atom stereocenters. The zero-order chi connectivity index (χ0) is 16.8. The van der Waals surface area contributed by atoms with E-state index in [0.29, 0.717) is 12.2 Å². The van der Waals surface area contributed by atoms with Gasteiger partial charge in [-0.05, 0) is 31.4 Å². The molecule has 2 atom stereocenters. The summed E-state index contributed by atoms with van der Waals surface area (Å²) in [7, 11) is 0. The molecule has 5 heteroatoms. The summed E-state index contributed by atoms with van der Waals surface area (Å²) in [6.07, 6.45) is 4.12. The van der Waals surface area contributed by atoms with Crippen molar-refractivity contribution in [3.8, 4) is 0 Å². The summed E-state index contributed by atoms with van der Waals surface area (Å²) in [5.74, 6) is 0.0609. The van der Waals surface area contributed by atoms with Crippen LogP contribution in [0.4, 0.5) is 0 Å². The molecule has 2 aliphatic heterocycles. The Hall–Kier alpha value is -1.85. The van der Waals surface area contributed by atoms with Crippen molar-refractivity contribution < 1.29 is 14.6 Å². The minimum Gasteiger partial charge on any atom is -0.501 e. The molecule has 2 N–H and O–H groups in total. The van der Waals surface area contributed by atoms with Gasteiger partial charge in [-0.25, -0.2) is 0 Å². The Morgan fingerprint density at radius 2 is 2.17 bits per heavy atom. The van der Waals surface area contributed by atoms with Gasteiger partial charge in [0.25, 0.3) is 5.91 Å². The molecule has 2 aliphatic rings. The van der Waals surface area contributed by atoms with E-state index in [0.717, 1.165) is 38.9 Å². The Morgan fingerprint density at radius 1 is 1.33 bits per heavy atom. The monoisotopic (exact) mass is 330 g/mol. The number of rotatable bonds is 5. The van der Waals surface area contributed by atoms with E-state index in [4.69, 9.17) is 4.74 Å². The van der Waals surface area contributed by atoms with Crippen LogP contribution in [0.1, 0.15) is 24.8 Å². The third-order valence-corrected chi connectivity index (χ3v) is 4.87. The maximum absolute atomic E-state index is 12.4. The van der Waals surface area contributed by atoms with Crippen molar-refractivity contribution in [3.63, 3.8) is 0 Å². The first kappa shape index (κ1) is 17.0. The van der Waals surface area contributed by atoms with E-state index in [2.05, 4.69) is 22.3 Å². The van der Waals surface area contributed by atoms with E-state index in [-0.39, 0.29) is 24.5 Å². The number of likely N-dealkylation sites (tertiary alicyclic amines) is 1. The van der Waals surface area contributed by atoms with Crippen molar-refractivity contribution in [3.05, 3.63) is 47.7 Å². The van der Waals surface area contributed by atoms with Gasteiger partial charge in [-0.3, -0.25) is 9.69 Å². The van der Waals surface area contributed by atoms with Gasteiger partial charge in [-0.1, -0.05) is 30.3 Å². The fraction of sp³-hybridized carbons (Fsp3) is 0.526. The molecule has 1 aromatic carbocycles. The number of carbonyl (C=O) groups excluding carboxylic acids is 1. The van der Waals surface area contributed by atoms with Gasteiger partial charge in [0, 0.05) is 31.7 Å². The van der Waals surface area contributed by atoms with Crippen molar-refractivity contribution in [2.45, 2.75) is 31.8 Å². The van der Waals surface area contributed by atoms with E-state index >= 15 is 0 Å². The molecule has 1 aromatic rings. The first-order chi connectivity index (χ1) is 11.8. The van der Waals surface area contributed by atoms with Gasteiger partial charge in [0.1, 0.15) is 0 Å². The molecule has 130 valence electrons. The van der Waals surface area contributed by atoms with Gasteiger partial charge in [0.15, 0.2) is 0 Å². The zero-order valence-electron chi connectivity index (χ0n) is 14.0. The molecule has 2 heterocycles. The minimum atomic E-state index is -0.0558. The quantitative estimate of drug-likeness (QED) is 0.862. The van der Waals surface area contributed by atoms with Crippen molar-refractivity contribution in [1.82, 2.24) is 10.2 Å². The number of nitrogens with one attached hydrogen (secondary N) is 1. The van der Waals surface area contributed by atoms with Crippen LogP contribution in [0.2, 0.25) is 0 Å². The summed E-state index contributed by atoms with van der Waals surface area (Å²) in [6.45, 7) is 3.37.